The second-order valence-corrected chi connectivity index (χ2v) is 9.94. The minimum Gasteiger partial charge on any atom is -0.350 e. The first-order valence-electron chi connectivity index (χ1n) is 12.7. The van der Waals surface area contributed by atoms with E-state index in [2.05, 4.69) is 117 Å². The number of rotatable bonds is 3. The first-order valence-corrected chi connectivity index (χ1v) is 12.7. The van der Waals surface area contributed by atoms with E-state index in [1.807, 2.05) is 18.2 Å². The van der Waals surface area contributed by atoms with Crippen molar-refractivity contribution in [2.45, 2.75) is 0 Å². The molecule has 0 amide bonds. The number of nitrogens with one attached hydrogen (secondary N) is 2. The molecule has 0 spiro atoms. The zero-order chi connectivity index (χ0) is 25.4. The first kappa shape index (κ1) is 21.0. The summed E-state index contributed by atoms with van der Waals surface area (Å²) in [5.41, 5.74) is 10.9. The van der Waals surface area contributed by atoms with Crippen LogP contribution in [0.2, 0.25) is 0 Å². The fourth-order valence-electron chi connectivity index (χ4n) is 5.82. The van der Waals surface area contributed by atoms with Crippen molar-refractivity contribution in [3.05, 3.63) is 97.2 Å². The Morgan fingerprint density at radius 1 is 0.711 bits per heavy atom. The Morgan fingerprint density at radius 2 is 1.55 bits per heavy atom. The zero-order valence-electron chi connectivity index (χ0n) is 21.0. The number of H-pyrrole nitrogens is 2. The van der Waals surface area contributed by atoms with Crippen LogP contribution in [0.4, 0.5) is 0 Å². The summed E-state index contributed by atoms with van der Waals surface area (Å²) in [4.78, 5) is 8.52. The van der Waals surface area contributed by atoms with Crippen LogP contribution in [0.5, 0.6) is 0 Å². The molecule has 8 aromatic rings. The van der Waals surface area contributed by atoms with Crippen molar-refractivity contribution < 1.29 is 0 Å². The average Bonchev–Trinajstić information content (AvgIpc) is 3.72. The molecule has 0 saturated carbocycles. The van der Waals surface area contributed by atoms with Crippen LogP contribution in [0.15, 0.2) is 97.2 Å². The summed E-state index contributed by atoms with van der Waals surface area (Å²) in [5.74, 6) is 0.767. The van der Waals surface area contributed by atoms with Gasteiger partial charge < -0.3 is 14.1 Å². The van der Waals surface area contributed by atoms with Gasteiger partial charge in [-0.1, -0.05) is 60.7 Å². The minimum atomic E-state index is 0.767. The highest BCUT2D eigenvalue weighted by atomic mass is 15.1. The highest BCUT2D eigenvalue weighted by Crippen LogP contribution is 2.37. The Balaban J connectivity index is 1.27. The molecule has 0 saturated heterocycles. The number of imidazole rings is 1. The lowest BCUT2D eigenvalue weighted by atomic mass is 10.0. The minimum absolute atomic E-state index is 0.767. The van der Waals surface area contributed by atoms with Crippen LogP contribution < -0.4 is 0 Å². The summed E-state index contributed by atoms with van der Waals surface area (Å²) in [6.07, 6.45) is 2.23. The summed E-state index contributed by atoms with van der Waals surface area (Å²) in [6.45, 7) is 0. The quantitative estimate of drug-likeness (QED) is 0.269. The largest absolute Gasteiger partial charge is 0.350 e. The van der Waals surface area contributed by atoms with Crippen molar-refractivity contribution in [1.29, 1.82) is 0 Å². The van der Waals surface area contributed by atoms with Gasteiger partial charge in [-0.2, -0.15) is 5.10 Å². The molecular formula is C32H24N6. The average molecular weight is 493 g/mol. The van der Waals surface area contributed by atoms with Crippen LogP contribution in [0.3, 0.4) is 0 Å². The maximum atomic E-state index is 5.02. The van der Waals surface area contributed by atoms with E-state index in [0.717, 1.165) is 44.6 Å². The Bertz CT molecular complexity index is 2170. The van der Waals surface area contributed by atoms with Gasteiger partial charge in [-0.3, -0.25) is 5.10 Å². The van der Waals surface area contributed by atoms with Crippen molar-refractivity contribution in [1.82, 2.24) is 29.3 Å². The molecule has 0 radical (unpaired) electrons. The van der Waals surface area contributed by atoms with E-state index >= 15 is 0 Å². The lowest BCUT2D eigenvalue weighted by molar-refractivity contribution is 0.957. The van der Waals surface area contributed by atoms with Crippen LogP contribution in [-0.2, 0) is 14.1 Å². The van der Waals surface area contributed by atoms with Gasteiger partial charge in [0.2, 0.25) is 0 Å². The lowest BCUT2D eigenvalue weighted by Crippen LogP contribution is -1.90. The van der Waals surface area contributed by atoms with Gasteiger partial charge in [-0.15, -0.1) is 0 Å². The number of nitrogens with zero attached hydrogens (tertiary/aromatic N) is 4. The monoisotopic (exact) mass is 492 g/mol. The maximum Gasteiger partial charge on any atom is 0.159 e. The Hall–Kier alpha value is -5.10. The Labute approximate surface area is 218 Å². The number of hydrogen-bond acceptors (Lipinski definition) is 2. The fourth-order valence-corrected chi connectivity index (χ4v) is 5.82. The van der Waals surface area contributed by atoms with Crippen molar-refractivity contribution in [2.24, 2.45) is 14.1 Å². The number of fused-ring (bicyclic) bond motifs is 4. The highest BCUT2D eigenvalue weighted by molar-refractivity contribution is 6.02. The number of aryl methyl sites for hydroxylation is 2. The van der Waals surface area contributed by atoms with Crippen LogP contribution in [0.1, 0.15) is 0 Å². The third-order valence-corrected chi connectivity index (χ3v) is 7.74. The number of hydrogen-bond donors (Lipinski definition) is 2. The SMILES string of the molecule is Cn1cc(-c2cc3ccccc3n2C)c2ccc(-c3cccc4[nH]c(-c5n[nH]c6ccccc56)nc34)cc21. The summed E-state index contributed by atoms with van der Waals surface area (Å²) >= 11 is 0. The smallest absolute Gasteiger partial charge is 0.159 e. The van der Waals surface area contributed by atoms with E-state index in [1.54, 1.807) is 0 Å². The molecule has 182 valence electrons. The van der Waals surface area contributed by atoms with Crippen molar-refractivity contribution >= 4 is 43.7 Å². The molecule has 4 aromatic carbocycles. The molecule has 0 atom stereocenters. The normalized spacial score (nSPS) is 11.9. The number of aromatic amines is 2. The van der Waals surface area contributed by atoms with E-state index in [1.165, 1.54) is 33.1 Å². The van der Waals surface area contributed by atoms with E-state index in [4.69, 9.17) is 4.98 Å². The summed E-state index contributed by atoms with van der Waals surface area (Å²) < 4.78 is 4.50. The summed E-state index contributed by atoms with van der Waals surface area (Å²) in [5, 5.41) is 11.2. The van der Waals surface area contributed by atoms with E-state index < -0.39 is 0 Å². The summed E-state index contributed by atoms with van der Waals surface area (Å²) in [6, 6.07) is 32.0. The highest BCUT2D eigenvalue weighted by Gasteiger charge is 2.17. The van der Waals surface area contributed by atoms with Crippen LogP contribution >= 0.6 is 0 Å². The van der Waals surface area contributed by atoms with Gasteiger partial charge in [-0.05, 0) is 35.9 Å². The molecule has 0 aliphatic rings. The third-order valence-electron chi connectivity index (χ3n) is 7.74. The molecule has 38 heavy (non-hydrogen) atoms. The predicted octanol–water partition coefficient (Wildman–Crippen LogP) is 7.42. The Morgan fingerprint density at radius 3 is 2.47 bits per heavy atom. The van der Waals surface area contributed by atoms with Gasteiger partial charge in [-0.25, -0.2) is 4.98 Å². The lowest BCUT2D eigenvalue weighted by Gasteiger charge is -2.06. The topological polar surface area (TPSA) is 67.2 Å². The molecule has 2 N–H and O–H groups in total. The van der Waals surface area contributed by atoms with Gasteiger partial charge >= 0.3 is 0 Å². The molecule has 6 nitrogen and oxygen atoms in total. The fraction of sp³-hybridized carbons (Fsp3) is 0.0625. The molecule has 0 bridgehead atoms. The number of benzene rings is 4. The predicted molar refractivity (Wildman–Crippen MR) is 155 cm³/mol. The van der Waals surface area contributed by atoms with E-state index in [9.17, 15) is 0 Å². The zero-order valence-corrected chi connectivity index (χ0v) is 21.0. The van der Waals surface area contributed by atoms with Gasteiger partial charge in [0, 0.05) is 58.6 Å². The maximum absolute atomic E-state index is 5.02. The molecule has 0 aliphatic carbocycles. The molecule has 4 heterocycles. The van der Waals surface area contributed by atoms with Gasteiger partial charge in [0.05, 0.1) is 22.2 Å². The molecule has 0 unspecified atom stereocenters. The number of para-hydroxylation sites is 3. The standard InChI is InChI=1S/C32H24N6/c1-37-18-24(29-17-20-8-3-6-13-27(20)38(29)2)22-15-14-19(16-28(22)37)21-10-7-12-26-30(21)34-32(33-26)31-23-9-4-5-11-25(23)35-36-31/h3-18H,1-2H3,(H,33,34)(H,35,36). The number of aromatic nitrogens is 6. The molecular weight excluding hydrogens is 468 g/mol. The van der Waals surface area contributed by atoms with Crippen LogP contribution in [-0.4, -0.2) is 29.3 Å². The second-order valence-electron chi connectivity index (χ2n) is 9.94. The molecule has 0 aliphatic heterocycles. The molecule has 4 aromatic heterocycles. The molecule has 6 heteroatoms. The molecule has 0 fully saturated rings. The van der Waals surface area contributed by atoms with Crippen molar-refractivity contribution in [3.63, 3.8) is 0 Å². The summed E-state index contributed by atoms with van der Waals surface area (Å²) in [7, 11) is 4.26. The second kappa shape index (κ2) is 7.70. The van der Waals surface area contributed by atoms with Gasteiger partial charge in [0.15, 0.2) is 5.82 Å². The third kappa shape index (κ3) is 2.94. The Kier molecular flexibility index (Phi) is 4.26. The first-order chi connectivity index (χ1) is 18.7. The van der Waals surface area contributed by atoms with E-state index in [0.29, 0.717) is 0 Å². The van der Waals surface area contributed by atoms with Crippen LogP contribution in [0, 0.1) is 0 Å². The van der Waals surface area contributed by atoms with Crippen LogP contribution in [0.25, 0.3) is 77.6 Å². The molecule has 8 rings (SSSR count). The van der Waals surface area contributed by atoms with Crippen molar-refractivity contribution in [3.8, 4) is 33.9 Å². The van der Waals surface area contributed by atoms with Crippen molar-refractivity contribution in [2.75, 3.05) is 0 Å². The van der Waals surface area contributed by atoms with Gasteiger partial charge in [0.25, 0.3) is 0 Å². The van der Waals surface area contributed by atoms with E-state index in [-0.39, 0.29) is 0 Å². The van der Waals surface area contributed by atoms with Gasteiger partial charge in [0.1, 0.15) is 5.69 Å².